The first kappa shape index (κ1) is 10.5. The lowest BCUT2D eigenvalue weighted by molar-refractivity contribution is -0.138. The van der Waals surface area contributed by atoms with Gasteiger partial charge in [-0.3, -0.25) is 5.84 Å². The molecule has 0 bridgehead atoms. The standard InChI is InChI=1S/C7H11N3O2/c1-3-12-7(11)6(4-8)5(2)10-9/h10H,3,9H2,1-2H3/b6-5+. The Bertz CT molecular complexity index is 240. The topological polar surface area (TPSA) is 88.1 Å². The molecule has 0 unspecified atom stereocenters. The van der Waals surface area contributed by atoms with Crippen molar-refractivity contribution in [2.75, 3.05) is 6.61 Å². The molecule has 0 atom stereocenters. The Morgan fingerprint density at radius 2 is 2.33 bits per heavy atom. The van der Waals surface area contributed by atoms with Crippen molar-refractivity contribution in [2.24, 2.45) is 5.84 Å². The molecule has 5 nitrogen and oxygen atoms in total. The molecule has 3 N–H and O–H groups in total. The van der Waals surface area contributed by atoms with Crippen LogP contribution in [0.25, 0.3) is 0 Å². The van der Waals surface area contributed by atoms with E-state index in [1.807, 2.05) is 0 Å². The zero-order valence-corrected chi connectivity index (χ0v) is 7.05. The van der Waals surface area contributed by atoms with E-state index in [4.69, 9.17) is 11.1 Å². The number of nitrogens with zero attached hydrogens (tertiary/aromatic N) is 1. The minimum atomic E-state index is -0.657. The monoisotopic (exact) mass is 169 g/mol. The van der Waals surface area contributed by atoms with E-state index in [-0.39, 0.29) is 12.2 Å². The summed E-state index contributed by atoms with van der Waals surface area (Å²) in [4.78, 5) is 11.0. The van der Waals surface area contributed by atoms with Crippen LogP contribution in [0.3, 0.4) is 0 Å². The van der Waals surface area contributed by atoms with Crippen LogP contribution in [0.15, 0.2) is 11.3 Å². The van der Waals surface area contributed by atoms with Gasteiger partial charge in [-0.2, -0.15) is 5.26 Å². The quantitative estimate of drug-likeness (QED) is 0.201. The van der Waals surface area contributed by atoms with Crippen LogP contribution in [0.5, 0.6) is 0 Å². The maximum atomic E-state index is 11.0. The number of hydrogen-bond acceptors (Lipinski definition) is 5. The van der Waals surface area contributed by atoms with Crippen LogP contribution in [0, 0.1) is 11.3 Å². The van der Waals surface area contributed by atoms with Crippen LogP contribution >= 0.6 is 0 Å². The van der Waals surface area contributed by atoms with E-state index >= 15 is 0 Å². The Labute approximate surface area is 70.8 Å². The smallest absolute Gasteiger partial charge is 0.350 e. The Morgan fingerprint density at radius 1 is 1.75 bits per heavy atom. The molecule has 12 heavy (non-hydrogen) atoms. The third kappa shape index (κ3) is 2.60. The first-order chi connectivity index (χ1) is 5.67. The first-order valence-electron chi connectivity index (χ1n) is 3.42. The molecular formula is C7H11N3O2. The first-order valence-corrected chi connectivity index (χ1v) is 3.42. The number of ether oxygens (including phenoxy) is 1. The highest BCUT2D eigenvalue weighted by atomic mass is 16.5. The molecule has 0 saturated heterocycles. The van der Waals surface area contributed by atoms with E-state index in [1.165, 1.54) is 6.92 Å². The number of esters is 1. The third-order valence-corrected chi connectivity index (χ3v) is 1.18. The van der Waals surface area contributed by atoms with Crippen LogP contribution < -0.4 is 11.3 Å². The number of allylic oxidation sites excluding steroid dienone is 1. The van der Waals surface area contributed by atoms with Gasteiger partial charge in [0.1, 0.15) is 6.07 Å². The van der Waals surface area contributed by atoms with Gasteiger partial charge in [0.2, 0.25) is 0 Å². The summed E-state index contributed by atoms with van der Waals surface area (Å²) in [5.74, 6) is 4.36. The van der Waals surface area contributed by atoms with E-state index in [2.05, 4.69) is 10.2 Å². The van der Waals surface area contributed by atoms with Gasteiger partial charge in [-0.1, -0.05) is 0 Å². The van der Waals surface area contributed by atoms with Gasteiger partial charge in [-0.15, -0.1) is 0 Å². The van der Waals surface area contributed by atoms with Gasteiger partial charge in [0.05, 0.1) is 6.61 Å². The normalized spacial score (nSPS) is 11.2. The molecule has 0 heterocycles. The van der Waals surface area contributed by atoms with E-state index in [0.29, 0.717) is 5.70 Å². The molecule has 0 saturated carbocycles. The molecule has 0 aromatic carbocycles. The van der Waals surface area contributed by atoms with Crippen molar-refractivity contribution in [3.05, 3.63) is 11.3 Å². The van der Waals surface area contributed by atoms with Crippen LogP contribution in [-0.2, 0) is 9.53 Å². The lowest BCUT2D eigenvalue weighted by Gasteiger charge is -2.03. The molecular weight excluding hydrogens is 158 g/mol. The van der Waals surface area contributed by atoms with Gasteiger partial charge >= 0.3 is 5.97 Å². The van der Waals surface area contributed by atoms with Crippen molar-refractivity contribution in [1.29, 1.82) is 5.26 Å². The van der Waals surface area contributed by atoms with Crippen LogP contribution in [0.2, 0.25) is 0 Å². The highest BCUT2D eigenvalue weighted by Crippen LogP contribution is 2.01. The molecule has 0 fully saturated rings. The van der Waals surface area contributed by atoms with Gasteiger partial charge in [-0.25, -0.2) is 4.79 Å². The van der Waals surface area contributed by atoms with Gasteiger partial charge in [-0.05, 0) is 13.8 Å². The van der Waals surface area contributed by atoms with Crippen molar-refractivity contribution in [3.63, 3.8) is 0 Å². The Balaban J connectivity index is 4.59. The number of hydrogen-bond donors (Lipinski definition) is 2. The zero-order chi connectivity index (χ0) is 9.56. The molecule has 0 aromatic rings. The van der Waals surface area contributed by atoms with Gasteiger partial charge in [0, 0.05) is 5.70 Å². The molecule has 66 valence electrons. The molecule has 5 heteroatoms. The molecule has 0 spiro atoms. The maximum absolute atomic E-state index is 11.0. The van der Waals surface area contributed by atoms with Crippen LogP contribution in [0.4, 0.5) is 0 Å². The summed E-state index contributed by atoms with van der Waals surface area (Å²) >= 11 is 0. The fourth-order valence-corrected chi connectivity index (χ4v) is 0.558. The fraction of sp³-hybridized carbons (Fsp3) is 0.429. The van der Waals surface area contributed by atoms with E-state index in [1.54, 1.807) is 13.0 Å². The number of carbonyl (C=O) groups is 1. The highest BCUT2D eigenvalue weighted by Gasteiger charge is 2.12. The second-order valence-electron chi connectivity index (χ2n) is 1.98. The number of nitrogens with one attached hydrogen (secondary N) is 1. The summed E-state index contributed by atoms with van der Waals surface area (Å²) in [6.45, 7) is 3.43. The van der Waals surface area contributed by atoms with Gasteiger partial charge in [0.25, 0.3) is 0 Å². The summed E-state index contributed by atoms with van der Waals surface area (Å²) in [7, 11) is 0. The summed E-state index contributed by atoms with van der Waals surface area (Å²) < 4.78 is 4.60. The second-order valence-corrected chi connectivity index (χ2v) is 1.98. The molecule has 0 aliphatic rings. The third-order valence-electron chi connectivity index (χ3n) is 1.18. The Kier molecular flexibility index (Phi) is 4.49. The Hall–Kier alpha value is -1.54. The lowest BCUT2D eigenvalue weighted by Crippen LogP contribution is -2.23. The fourth-order valence-electron chi connectivity index (χ4n) is 0.558. The summed E-state index contributed by atoms with van der Waals surface area (Å²) in [6, 6.07) is 1.70. The largest absolute Gasteiger partial charge is 0.462 e. The van der Waals surface area contributed by atoms with Crippen molar-refractivity contribution in [1.82, 2.24) is 5.43 Å². The van der Waals surface area contributed by atoms with Gasteiger partial charge in [0.15, 0.2) is 5.57 Å². The molecule has 0 aliphatic carbocycles. The van der Waals surface area contributed by atoms with Crippen LogP contribution in [0.1, 0.15) is 13.8 Å². The minimum Gasteiger partial charge on any atom is -0.462 e. The summed E-state index contributed by atoms with van der Waals surface area (Å²) in [6.07, 6.45) is 0. The predicted molar refractivity (Wildman–Crippen MR) is 42.3 cm³/mol. The van der Waals surface area contributed by atoms with Crippen molar-refractivity contribution in [2.45, 2.75) is 13.8 Å². The SMILES string of the molecule is CCOC(=O)/C(C#N)=C(\C)NN. The molecule has 0 amide bonds. The number of nitrogens with two attached hydrogens (primary N) is 1. The number of hydrazine groups is 1. The Morgan fingerprint density at radius 3 is 2.67 bits per heavy atom. The molecule has 0 aliphatic heterocycles. The highest BCUT2D eigenvalue weighted by molar-refractivity contribution is 5.93. The van der Waals surface area contributed by atoms with Crippen molar-refractivity contribution >= 4 is 5.97 Å². The van der Waals surface area contributed by atoms with Crippen molar-refractivity contribution < 1.29 is 9.53 Å². The average molecular weight is 169 g/mol. The number of rotatable bonds is 3. The van der Waals surface area contributed by atoms with Crippen LogP contribution in [-0.4, -0.2) is 12.6 Å². The maximum Gasteiger partial charge on any atom is 0.350 e. The van der Waals surface area contributed by atoms with E-state index < -0.39 is 5.97 Å². The number of nitriles is 1. The lowest BCUT2D eigenvalue weighted by atomic mass is 10.2. The molecule has 0 aromatic heterocycles. The second kappa shape index (κ2) is 5.16. The zero-order valence-electron chi connectivity index (χ0n) is 7.05. The summed E-state index contributed by atoms with van der Waals surface area (Å²) in [5, 5.41) is 8.52. The average Bonchev–Trinajstić information content (AvgIpc) is 2.06. The van der Waals surface area contributed by atoms with Gasteiger partial charge < -0.3 is 10.2 Å². The molecule has 0 radical (unpaired) electrons. The minimum absolute atomic E-state index is 0.0978. The van der Waals surface area contributed by atoms with E-state index in [0.717, 1.165) is 0 Å². The van der Waals surface area contributed by atoms with Crippen molar-refractivity contribution in [3.8, 4) is 6.07 Å². The summed E-state index contributed by atoms with van der Waals surface area (Å²) in [5.41, 5.74) is 2.42. The molecule has 0 rings (SSSR count). The number of carbonyl (C=O) groups excluding carboxylic acids is 1. The van der Waals surface area contributed by atoms with E-state index in [9.17, 15) is 4.79 Å². The predicted octanol–water partition coefficient (Wildman–Crippen LogP) is -0.190.